The number of rotatable bonds is 8. The molecule has 1 aromatic rings. The lowest BCUT2D eigenvalue weighted by Crippen LogP contribution is -2.48. The van der Waals surface area contributed by atoms with Gasteiger partial charge in [0.25, 0.3) is 0 Å². The lowest BCUT2D eigenvalue weighted by Gasteiger charge is -2.32. The van der Waals surface area contributed by atoms with Gasteiger partial charge in [-0.3, -0.25) is 4.99 Å². The van der Waals surface area contributed by atoms with Crippen molar-refractivity contribution in [1.29, 1.82) is 0 Å². The molecule has 2 N–H and O–H groups in total. The molecule has 27 heavy (non-hydrogen) atoms. The van der Waals surface area contributed by atoms with Crippen LogP contribution in [0.25, 0.3) is 0 Å². The largest absolute Gasteiger partial charge is 0.493 e. The Bertz CT molecular complexity index is 583. The molecule has 0 atom stereocenters. The van der Waals surface area contributed by atoms with Crippen LogP contribution in [-0.2, 0) is 6.54 Å². The molecule has 0 radical (unpaired) electrons. The van der Waals surface area contributed by atoms with Crippen molar-refractivity contribution in [3.8, 4) is 5.75 Å². The fourth-order valence-electron chi connectivity index (χ4n) is 3.47. The topological polar surface area (TPSA) is 48.9 Å². The van der Waals surface area contributed by atoms with E-state index >= 15 is 0 Å². The maximum absolute atomic E-state index is 6.01. The quantitative estimate of drug-likeness (QED) is 0.335. The number of benzene rings is 1. The van der Waals surface area contributed by atoms with Gasteiger partial charge in [0, 0.05) is 38.3 Å². The van der Waals surface area contributed by atoms with E-state index < -0.39 is 0 Å². The number of para-hydroxylation sites is 1. The van der Waals surface area contributed by atoms with Gasteiger partial charge in [-0.1, -0.05) is 25.1 Å². The van der Waals surface area contributed by atoms with Crippen molar-refractivity contribution in [2.75, 3.05) is 33.3 Å². The summed E-state index contributed by atoms with van der Waals surface area (Å²) in [4.78, 5) is 6.96. The summed E-state index contributed by atoms with van der Waals surface area (Å²) in [5.41, 5.74) is 1.19. The average Bonchev–Trinajstić information content (AvgIpc) is 3.50. The first-order valence-corrected chi connectivity index (χ1v) is 10.2. The first-order valence-electron chi connectivity index (χ1n) is 10.2. The summed E-state index contributed by atoms with van der Waals surface area (Å²) in [5.74, 6) is 2.65. The van der Waals surface area contributed by atoms with Crippen molar-refractivity contribution in [2.24, 2.45) is 10.9 Å². The lowest BCUT2D eigenvalue weighted by molar-refractivity contribution is 0.206. The molecule has 1 aliphatic carbocycles. The number of piperidine rings is 1. The standard InChI is InChI=1S/C21H34N4O.HI/c1-3-12-25-13-10-19(11-14-25)24-21(22-2)23-15-18-6-4-5-7-20(18)26-16-17-8-9-17;/h4-7,17,19H,3,8-16H2,1-2H3,(H2,22,23,24);1H. The molecule has 0 amide bonds. The summed E-state index contributed by atoms with van der Waals surface area (Å²) in [6.45, 7) is 7.41. The zero-order valence-corrected chi connectivity index (χ0v) is 19.1. The van der Waals surface area contributed by atoms with Gasteiger partial charge in [-0.05, 0) is 50.6 Å². The third-order valence-corrected chi connectivity index (χ3v) is 5.28. The predicted octanol–water partition coefficient (Wildman–Crippen LogP) is 3.63. The molecule has 5 nitrogen and oxygen atoms in total. The van der Waals surface area contributed by atoms with E-state index in [2.05, 4.69) is 45.6 Å². The molecule has 0 bridgehead atoms. The highest BCUT2D eigenvalue weighted by molar-refractivity contribution is 14.0. The van der Waals surface area contributed by atoms with Gasteiger partial charge in [0.1, 0.15) is 5.75 Å². The van der Waals surface area contributed by atoms with Crippen LogP contribution in [0.1, 0.15) is 44.6 Å². The Morgan fingerprint density at radius 2 is 1.93 bits per heavy atom. The molecular weight excluding hydrogens is 451 g/mol. The minimum absolute atomic E-state index is 0. The van der Waals surface area contributed by atoms with E-state index in [1.165, 1.54) is 57.3 Å². The molecule has 1 saturated heterocycles. The molecule has 6 heteroatoms. The van der Waals surface area contributed by atoms with Crippen molar-refractivity contribution >= 4 is 29.9 Å². The number of likely N-dealkylation sites (tertiary alicyclic amines) is 1. The lowest BCUT2D eigenvalue weighted by atomic mass is 10.1. The van der Waals surface area contributed by atoms with Gasteiger partial charge in [0.2, 0.25) is 0 Å². The second-order valence-corrected chi connectivity index (χ2v) is 7.55. The van der Waals surface area contributed by atoms with E-state index in [9.17, 15) is 0 Å². The SMILES string of the molecule is CCCN1CCC(NC(=NC)NCc2ccccc2OCC2CC2)CC1.I. The van der Waals surface area contributed by atoms with Gasteiger partial charge in [0.05, 0.1) is 6.61 Å². The molecule has 152 valence electrons. The van der Waals surface area contributed by atoms with Crippen LogP contribution in [0.5, 0.6) is 5.75 Å². The summed E-state index contributed by atoms with van der Waals surface area (Å²) in [5, 5.41) is 7.05. The fourth-order valence-corrected chi connectivity index (χ4v) is 3.47. The third kappa shape index (κ3) is 7.49. The van der Waals surface area contributed by atoms with Crippen molar-refractivity contribution in [3.63, 3.8) is 0 Å². The maximum Gasteiger partial charge on any atom is 0.191 e. The zero-order valence-electron chi connectivity index (χ0n) is 16.7. The molecule has 0 spiro atoms. The Labute approximate surface area is 181 Å². The Kier molecular flexibility index (Phi) is 9.68. The number of halogens is 1. The van der Waals surface area contributed by atoms with Crippen LogP contribution < -0.4 is 15.4 Å². The van der Waals surface area contributed by atoms with Crippen molar-refractivity contribution < 1.29 is 4.74 Å². The summed E-state index contributed by atoms with van der Waals surface area (Å²) in [6.07, 6.45) is 6.23. The van der Waals surface area contributed by atoms with E-state index in [-0.39, 0.29) is 24.0 Å². The molecule has 3 rings (SSSR count). The second kappa shape index (κ2) is 11.7. The minimum atomic E-state index is 0. The minimum Gasteiger partial charge on any atom is -0.493 e. The average molecular weight is 486 g/mol. The van der Waals surface area contributed by atoms with Gasteiger partial charge in [-0.15, -0.1) is 24.0 Å². The highest BCUT2D eigenvalue weighted by atomic mass is 127. The predicted molar refractivity (Wildman–Crippen MR) is 123 cm³/mol. The van der Waals surface area contributed by atoms with Crippen molar-refractivity contribution in [2.45, 2.75) is 51.6 Å². The Hall–Kier alpha value is -1.02. The van der Waals surface area contributed by atoms with Gasteiger partial charge < -0.3 is 20.3 Å². The molecule has 1 saturated carbocycles. The van der Waals surface area contributed by atoms with Crippen LogP contribution in [0.15, 0.2) is 29.3 Å². The second-order valence-electron chi connectivity index (χ2n) is 7.55. The van der Waals surface area contributed by atoms with Crippen molar-refractivity contribution in [3.05, 3.63) is 29.8 Å². The highest BCUT2D eigenvalue weighted by Crippen LogP contribution is 2.30. The monoisotopic (exact) mass is 486 g/mol. The smallest absolute Gasteiger partial charge is 0.191 e. The summed E-state index contributed by atoms with van der Waals surface area (Å²) in [7, 11) is 1.84. The number of nitrogens with zero attached hydrogens (tertiary/aromatic N) is 2. The van der Waals surface area contributed by atoms with Crippen LogP contribution in [0, 0.1) is 5.92 Å². The Morgan fingerprint density at radius 1 is 1.19 bits per heavy atom. The summed E-state index contributed by atoms with van der Waals surface area (Å²) < 4.78 is 6.01. The van der Waals surface area contributed by atoms with Crippen LogP contribution in [0.2, 0.25) is 0 Å². The summed E-state index contributed by atoms with van der Waals surface area (Å²) in [6, 6.07) is 8.82. The Morgan fingerprint density at radius 3 is 2.59 bits per heavy atom. The van der Waals surface area contributed by atoms with Crippen molar-refractivity contribution in [1.82, 2.24) is 15.5 Å². The molecule has 0 unspecified atom stereocenters. The van der Waals surface area contributed by atoms with E-state index in [0.29, 0.717) is 6.04 Å². The van der Waals surface area contributed by atoms with E-state index in [1.54, 1.807) is 0 Å². The highest BCUT2D eigenvalue weighted by Gasteiger charge is 2.22. The third-order valence-electron chi connectivity index (χ3n) is 5.28. The van der Waals surface area contributed by atoms with Crippen LogP contribution in [0.3, 0.4) is 0 Å². The molecule has 2 fully saturated rings. The molecule has 1 aromatic carbocycles. The zero-order chi connectivity index (χ0) is 18.2. The van der Waals surface area contributed by atoms with Gasteiger partial charge in [-0.2, -0.15) is 0 Å². The number of guanidine groups is 1. The van der Waals surface area contributed by atoms with Gasteiger partial charge in [-0.25, -0.2) is 0 Å². The molecule has 1 aliphatic heterocycles. The van der Waals surface area contributed by atoms with Gasteiger partial charge >= 0.3 is 0 Å². The number of ether oxygens (including phenoxy) is 1. The number of hydrogen-bond acceptors (Lipinski definition) is 3. The van der Waals surface area contributed by atoms with Crippen LogP contribution in [-0.4, -0.2) is 50.2 Å². The first-order chi connectivity index (χ1) is 12.8. The van der Waals surface area contributed by atoms with Crippen LogP contribution in [0.4, 0.5) is 0 Å². The number of hydrogen-bond donors (Lipinski definition) is 2. The van der Waals surface area contributed by atoms with Gasteiger partial charge in [0.15, 0.2) is 5.96 Å². The normalized spacial score (nSPS) is 18.7. The van der Waals surface area contributed by atoms with E-state index in [0.717, 1.165) is 30.8 Å². The molecule has 2 aliphatic rings. The number of nitrogens with one attached hydrogen (secondary N) is 2. The first kappa shape index (κ1) is 22.3. The number of aliphatic imine (C=N–C) groups is 1. The van der Waals surface area contributed by atoms with Crippen LogP contribution >= 0.6 is 24.0 Å². The fraction of sp³-hybridized carbons (Fsp3) is 0.667. The molecule has 1 heterocycles. The Balaban J connectivity index is 0.00000261. The van der Waals surface area contributed by atoms with E-state index in [1.807, 2.05) is 13.1 Å². The molecule has 0 aromatic heterocycles. The van der Waals surface area contributed by atoms with E-state index in [4.69, 9.17) is 4.74 Å². The summed E-state index contributed by atoms with van der Waals surface area (Å²) >= 11 is 0. The molecular formula is C21H35IN4O. The maximum atomic E-state index is 6.01.